The lowest BCUT2D eigenvalue weighted by Gasteiger charge is -2.21. The number of halogens is 2. The van der Waals surface area contributed by atoms with Crippen molar-refractivity contribution < 1.29 is 14.4 Å². The Bertz CT molecular complexity index is 557. The molecule has 4 amide bonds. The molecule has 1 atom stereocenters. The van der Waals surface area contributed by atoms with Crippen molar-refractivity contribution in [3.63, 3.8) is 0 Å². The van der Waals surface area contributed by atoms with Crippen LogP contribution in [-0.4, -0.2) is 23.9 Å². The fourth-order valence-electron chi connectivity index (χ4n) is 1.78. The number of nitrogens with one attached hydrogen (secondary N) is 3. The molecule has 6 nitrogen and oxygen atoms in total. The molecule has 1 aromatic rings. The van der Waals surface area contributed by atoms with Crippen LogP contribution < -0.4 is 16.0 Å². The molecular formula is C12H11Cl2N3O3. The van der Waals surface area contributed by atoms with Gasteiger partial charge in [0.25, 0.3) is 0 Å². The fourth-order valence-corrected chi connectivity index (χ4v) is 2.31. The predicted octanol–water partition coefficient (Wildman–Crippen LogP) is 1.92. The van der Waals surface area contributed by atoms with Crippen molar-refractivity contribution in [1.29, 1.82) is 0 Å². The molecular weight excluding hydrogens is 305 g/mol. The number of carbonyl (C=O) groups excluding carboxylic acids is 3. The second kappa shape index (κ2) is 6.11. The van der Waals surface area contributed by atoms with Gasteiger partial charge in [0.2, 0.25) is 11.8 Å². The van der Waals surface area contributed by atoms with Crippen LogP contribution in [0, 0.1) is 0 Å². The van der Waals surface area contributed by atoms with Crippen molar-refractivity contribution in [2.24, 2.45) is 0 Å². The number of benzene rings is 1. The van der Waals surface area contributed by atoms with Gasteiger partial charge in [0.05, 0.1) is 0 Å². The van der Waals surface area contributed by atoms with Crippen LogP contribution in [0.4, 0.5) is 10.5 Å². The first kappa shape index (κ1) is 14.6. The van der Waals surface area contributed by atoms with E-state index in [0.717, 1.165) is 0 Å². The highest BCUT2D eigenvalue weighted by molar-refractivity contribution is 6.35. The molecule has 106 valence electrons. The maximum absolute atomic E-state index is 11.8. The lowest BCUT2D eigenvalue weighted by molar-refractivity contribution is -0.134. The first-order chi connectivity index (χ1) is 9.44. The highest BCUT2D eigenvalue weighted by Crippen LogP contribution is 2.22. The van der Waals surface area contributed by atoms with Gasteiger partial charge in [-0.05, 0) is 24.6 Å². The zero-order valence-corrected chi connectivity index (χ0v) is 11.7. The lowest BCUT2D eigenvalue weighted by atomic mass is 10.1. The Kier molecular flexibility index (Phi) is 4.46. The summed E-state index contributed by atoms with van der Waals surface area (Å²) >= 11 is 11.6. The van der Waals surface area contributed by atoms with Gasteiger partial charge in [-0.25, -0.2) is 4.79 Å². The molecule has 0 aromatic heterocycles. The second-order valence-electron chi connectivity index (χ2n) is 4.26. The topological polar surface area (TPSA) is 87.3 Å². The van der Waals surface area contributed by atoms with E-state index in [1.807, 2.05) is 0 Å². The minimum atomic E-state index is -0.734. The molecule has 0 radical (unpaired) electrons. The Morgan fingerprint density at radius 3 is 2.45 bits per heavy atom. The van der Waals surface area contributed by atoms with Crippen molar-refractivity contribution in [1.82, 2.24) is 10.6 Å². The molecule has 1 fully saturated rings. The first-order valence-corrected chi connectivity index (χ1v) is 6.57. The van der Waals surface area contributed by atoms with Crippen LogP contribution in [0.3, 0.4) is 0 Å². The summed E-state index contributed by atoms with van der Waals surface area (Å²) in [5.41, 5.74) is 0.410. The fraction of sp³-hybridized carbons (Fsp3) is 0.250. The highest BCUT2D eigenvalue weighted by atomic mass is 35.5. The lowest BCUT2D eigenvalue weighted by Crippen LogP contribution is -2.53. The predicted molar refractivity (Wildman–Crippen MR) is 74.8 cm³/mol. The largest absolute Gasteiger partial charge is 0.326 e. The summed E-state index contributed by atoms with van der Waals surface area (Å²) in [5, 5.41) is 7.92. The van der Waals surface area contributed by atoms with Gasteiger partial charge < -0.3 is 10.6 Å². The average molecular weight is 316 g/mol. The Balaban J connectivity index is 1.95. The molecule has 0 bridgehead atoms. The standard InChI is InChI=1S/C12H11Cl2N3O3/c13-6-3-7(14)5-8(4-6)15-12(20)16-9-1-2-10(18)17-11(9)19/h3-5,9H,1-2H2,(H2,15,16,20)(H,17,18,19). The van der Waals surface area contributed by atoms with Crippen molar-refractivity contribution in [2.75, 3.05) is 5.32 Å². The molecule has 1 aromatic carbocycles. The van der Waals surface area contributed by atoms with Crippen molar-refractivity contribution in [3.8, 4) is 0 Å². The van der Waals surface area contributed by atoms with E-state index in [2.05, 4.69) is 16.0 Å². The number of rotatable bonds is 2. The molecule has 0 saturated carbocycles. The normalized spacial score (nSPS) is 18.4. The molecule has 2 rings (SSSR count). The molecule has 3 N–H and O–H groups in total. The summed E-state index contributed by atoms with van der Waals surface area (Å²) in [6, 6.07) is 3.28. The number of urea groups is 1. The summed E-state index contributed by atoms with van der Waals surface area (Å²) in [5.74, 6) is -0.851. The maximum Gasteiger partial charge on any atom is 0.319 e. The number of carbonyl (C=O) groups is 3. The molecule has 20 heavy (non-hydrogen) atoms. The van der Waals surface area contributed by atoms with E-state index in [9.17, 15) is 14.4 Å². The van der Waals surface area contributed by atoms with Gasteiger partial charge in [0, 0.05) is 22.2 Å². The summed E-state index contributed by atoms with van der Waals surface area (Å²) < 4.78 is 0. The summed E-state index contributed by atoms with van der Waals surface area (Å²) in [6.07, 6.45) is 0.466. The van der Waals surface area contributed by atoms with Crippen molar-refractivity contribution in [3.05, 3.63) is 28.2 Å². The van der Waals surface area contributed by atoms with Crippen LogP contribution in [0.15, 0.2) is 18.2 Å². The molecule has 8 heteroatoms. The molecule has 1 aliphatic heterocycles. The SMILES string of the molecule is O=C1CCC(NC(=O)Nc2cc(Cl)cc(Cl)c2)C(=O)N1. The number of hydrogen-bond acceptors (Lipinski definition) is 3. The van der Waals surface area contributed by atoms with Crippen LogP contribution in [0.5, 0.6) is 0 Å². The molecule has 0 aliphatic carbocycles. The van der Waals surface area contributed by atoms with Gasteiger partial charge in [0.1, 0.15) is 6.04 Å². The number of anilines is 1. The van der Waals surface area contributed by atoms with E-state index in [0.29, 0.717) is 15.7 Å². The number of hydrogen-bond donors (Lipinski definition) is 3. The van der Waals surface area contributed by atoms with Crippen LogP contribution in [0.2, 0.25) is 10.0 Å². The third-order valence-corrected chi connectivity index (χ3v) is 3.10. The van der Waals surface area contributed by atoms with E-state index < -0.39 is 18.0 Å². The third-order valence-electron chi connectivity index (χ3n) is 2.66. The number of piperidine rings is 1. The summed E-state index contributed by atoms with van der Waals surface area (Å²) in [4.78, 5) is 34.2. The Hall–Kier alpha value is -1.79. The quantitative estimate of drug-likeness (QED) is 0.729. The zero-order valence-electron chi connectivity index (χ0n) is 10.2. The van der Waals surface area contributed by atoms with E-state index in [-0.39, 0.29) is 18.7 Å². The van der Waals surface area contributed by atoms with Gasteiger partial charge in [-0.2, -0.15) is 0 Å². The van der Waals surface area contributed by atoms with Crippen molar-refractivity contribution >= 4 is 46.7 Å². The molecule has 1 aliphatic rings. The summed E-state index contributed by atoms with van der Waals surface area (Å²) in [7, 11) is 0. The molecule has 1 saturated heterocycles. The van der Waals surface area contributed by atoms with Gasteiger partial charge >= 0.3 is 6.03 Å². The average Bonchev–Trinajstić information content (AvgIpc) is 2.31. The minimum Gasteiger partial charge on any atom is -0.326 e. The van der Waals surface area contributed by atoms with Gasteiger partial charge in [-0.3, -0.25) is 14.9 Å². The van der Waals surface area contributed by atoms with Gasteiger partial charge in [-0.15, -0.1) is 0 Å². The Labute approximate surface area is 124 Å². The van der Waals surface area contributed by atoms with Gasteiger partial charge in [-0.1, -0.05) is 23.2 Å². The number of imide groups is 1. The maximum atomic E-state index is 11.8. The van der Waals surface area contributed by atoms with E-state index in [1.54, 1.807) is 0 Å². The molecule has 1 heterocycles. The smallest absolute Gasteiger partial charge is 0.319 e. The van der Waals surface area contributed by atoms with Crippen LogP contribution in [0.25, 0.3) is 0 Å². The van der Waals surface area contributed by atoms with Crippen molar-refractivity contribution in [2.45, 2.75) is 18.9 Å². The number of amides is 4. The first-order valence-electron chi connectivity index (χ1n) is 5.81. The zero-order chi connectivity index (χ0) is 14.7. The molecule has 0 spiro atoms. The Morgan fingerprint density at radius 1 is 1.20 bits per heavy atom. The highest BCUT2D eigenvalue weighted by Gasteiger charge is 2.27. The van der Waals surface area contributed by atoms with Crippen LogP contribution in [-0.2, 0) is 9.59 Å². The van der Waals surface area contributed by atoms with Crippen LogP contribution in [0.1, 0.15) is 12.8 Å². The van der Waals surface area contributed by atoms with E-state index in [4.69, 9.17) is 23.2 Å². The monoisotopic (exact) mass is 315 g/mol. The third kappa shape index (κ3) is 3.85. The summed E-state index contributed by atoms with van der Waals surface area (Å²) in [6.45, 7) is 0. The van der Waals surface area contributed by atoms with Gasteiger partial charge in [0.15, 0.2) is 0 Å². The van der Waals surface area contributed by atoms with E-state index in [1.165, 1.54) is 18.2 Å². The van der Waals surface area contributed by atoms with E-state index >= 15 is 0 Å². The second-order valence-corrected chi connectivity index (χ2v) is 5.13. The Morgan fingerprint density at radius 2 is 1.85 bits per heavy atom. The molecule has 1 unspecified atom stereocenters. The van der Waals surface area contributed by atoms with Crippen LogP contribution >= 0.6 is 23.2 Å². The minimum absolute atomic E-state index is 0.194.